The number of ether oxygens (including phenoxy) is 3. The van der Waals surface area contributed by atoms with Crippen molar-refractivity contribution in [3.63, 3.8) is 0 Å². The maximum atomic E-state index is 12.6. The van der Waals surface area contributed by atoms with E-state index in [2.05, 4.69) is 4.99 Å². The van der Waals surface area contributed by atoms with E-state index in [0.29, 0.717) is 28.5 Å². The summed E-state index contributed by atoms with van der Waals surface area (Å²) in [6.07, 6.45) is 1.58. The number of aliphatic imine (C=N–C) groups is 1. The minimum absolute atomic E-state index is 0.149. The van der Waals surface area contributed by atoms with Gasteiger partial charge < -0.3 is 14.2 Å². The van der Waals surface area contributed by atoms with Gasteiger partial charge in [-0.2, -0.15) is 0 Å². The maximum Gasteiger partial charge on any atom is 0.363 e. The fourth-order valence-electron chi connectivity index (χ4n) is 3.16. The smallest absolute Gasteiger partial charge is 0.363 e. The van der Waals surface area contributed by atoms with E-state index in [1.165, 1.54) is 12.1 Å². The lowest BCUT2D eigenvalue weighted by Crippen LogP contribution is -2.10. The predicted octanol–water partition coefficient (Wildman–Crippen LogP) is 6.26. The number of rotatable bonds is 6. The molecule has 8 heteroatoms. The lowest BCUT2D eigenvalue weighted by Gasteiger charge is -2.12. The summed E-state index contributed by atoms with van der Waals surface area (Å²) in [6, 6.07) is 16.9. The van der Waals surface area contributed by atoms with Crippen molar-refractivity contribution in [2.45, 2.75) is 13.8 Å². The number of esters is 2. The van der Waals surface area contributed by atoms with Crippen LogP contribution in [0.5, 0.6) is 11.5 Å². The van der Waals surface area contributed by atoms with E-state index in [9.17, 15) is 9.59 Å². The van der Waals surface area contributed by atoms with Crippen LogP contribution in [0.25, 0.3) is 6.08 Å². The highest BCUT2D eigenvalue weighted by Gasteiger charge is 2.24. The highest BCUT2D eigenvalue weighted by molar-refractivity contribution is 6.36. The van der Waals surface area contributed by atoms with Gasteiger partial charge in [0.2, 0.25) is 5.90 Å². The highest BCUT2D eigenvalue weighted by Crippen LogP contribution is 2.32. The molecule has 172 valence electrons. The summed E-state index contributed by atoms with van der Waals surface area (Å²) in [5, 5.41) is 0.589. The number of halogens is 2. The van der Waals surface area contributed by atoms with Crippen molar-refractivity contribution in [1.29, 1.82) is 0 Å². The van der Waals surface area contributed by atoms with Crippen LogP contribution in [0.2, 0.25) is 10.0 Å². The van der Waals surface area contributed by atoms with Crippen molar-refractivity contribution in [3.8, 4) is 11.5 Å². The van der Waals surface area contributed by atoms with Gasteiger partial charge in [-0.15, -0.1) is 0 Å². The van der Waals surface area contributed by atoms with E-state index in [4.69, 9.17) is 37.4 Å². The van der Waals surface area contributed by atoms with Gasteiger partial charge in [0.25, 0.3) is 0 Å². The topological polar surface area (TPSA) is 74.2 Å². The Morgan fingerprint density at radius 2 is 1.79 bits per heavy atom. The molecule has 6 nitrogen and oxygen atoms in total. The van der Waals surface area contributed by atoms with Gasteiger partial charge in [0.1, 0.15) is 0 Å². The summed E-state index contributed by atoms with van der Waals surface area (Å²) in [7, 11) is 0. The number of hydrogen-bond donors (Lipinski definition) is 0. The summed E-state index contributed by atoms with van der Waals surface area (Å²) in [6.45, 7) is 4.11. The molecule has 3 aromatic rings. The zero-order chi connectivity index (χ0) is 24.2. The molecule has 0 unspecified atom stereocenters. The number of carbonyl (C=O) groups is 2. The second-order valence-corrected chi connectivity index (χ2v) is 8.20. The van der Waals surface area contributed by atoms with Crippen molar-refractivity contribution < 1.29 is 23.8 Å². The molecule has 1 aliphatic heterocycles. The molecule has 0 radical (unpaired) electrons. The number of cyclic esters (lactones) is 1. The zero-order valence-electron chi connectivity index (χ0n) is 18.3. The summed E-state index contributed by atoms with van der Waals surface area (Å²) >= 11 is 12.0. The van der Waals surface area contributed by atoms with Crippen molar-refractivity contribution in [3.05, 3.63) is 98.7 Å². The molecule has 4 rings (SSSR count). The van der Waals surface area contributed by atoms with Crippen LogP contribution >= 0.6 is 23.2 Å². The van der Waals surface area contributed by atoms with E-state index >= 15 is 0 Å². The Morgan fingerprint density at radius 1 is 1.03 bits per heavy atom. The minimum atomic E-state index is -0.652. The normalized spacial score (nSPS) is 14.1. The fourth-order valence-corrected chi connectivity index (χ4v) is 3.65. The van der Waals surface area contributed by atoms with Gasteiger partial charge in [-0.3, -0.25) is 0 Å². The van der Waals surface area contributed by atoms with Gasteiger partial charge in [0.15, 0.2) is 17.2 Å². The molecule has 0 saturated heterocycles. The summed E-state index contributed by atoms with van der Waals surface area (Å²) in [5.41, 5.74) is 2.74. The fraction of sp³-hybridized carbons (Fsp3) is 0.115. The monoisotopic (exact) mass is 495 g/mol. The molecule has 0 aromatic heterocycles. The third kappa shape index (κ3) is 5.30. The molecule has 0 bridgehead atoms. The molecule has 0 atom stereocenters. The largest absolute Gasteiger partial charge is 0.490 e. The standard InChI is InChI=1S/C26H19Cl2NO5/c1-3-32-23-13-16(6-11-22(23)33-25(30)19-10-9-18(27)14-20(19)28)12-21-26(31)34-24(29-21)17-7-4-15(2)5-8-17/h4-14H,3H2,1-2H3/b21-12+. The summed E-state index contributed by atoms with van der Waals surface area (Å²) in [5.74, 6) is -0.434. The molecule has 34 heavy (non-hydrogen) atoms. The zero-order valence-corrected chi connectivity index (χ0v) is 19.8. The first-order chi connectivity index (χ1) is 16.3. The van der Waals surface area contributed by atoms with Crippen LogP contribution in [0.4, 0.5) is 0 Å². The molecule has 0 saturated carbocycles. The second-order valence-electron chi connectivity index (χ2n) is 7.35. The average molecular weight is 496 g/mol. The lowest BCUT2D eigenvalue weighted by molar-refractivity contribution is -0.129. The molecule has 3 aromatic carbocycles. The van der Waals surface area contributed by atoms with E-state index in [-0.39, 0.29) is 27.9 Å². The molecule has 0 aliphatic carbocycles. The Hall–Kier alpha value is -3.61. The number of benzene rings is 3. The Bertz CT molecular complexity index is 1330. The molecular weight excluding hydrogens is 477 g/mol. The maximum absolute atomic E-state index is 12.6. The molecule has 1 heterocycles. The first-order valence-electron chi connectivity index (χ1n) is 10.4. The predicted molar refractivity (Wildman–Crippen MR) is 131 cm³/mol. The number of carbonyl (C=O) groups excluding carboxylic acids is 2. The minimum Gasteiger partial charge on any atom is -0.490 e. The lowest BCUT2D eigenvalue weighted by atomic mass is 10.1. The van der Waals surface area contributed by atoms with Gasteiger partial charge in [0.05, 0.1) is 17.2 Å². The average Bonchev–Trinajstić information content (AvgIpc) is 3.16. The van der Waals surface area contributed by atoms with Crippen molar-refractivity contribution >= 4 is 47.1 Å². The number of hydrogen-bond acceptors (Lipinski definition) is 6. The van der Waals surface area contributed by atoms with E-state index in [1.54, 1.807) is 37.3 Å². The molecule has 0 fully saturated rings. The van der Waals surface area contributed by atoms with Gasteiger partial charge in [-0.25, -0.2) is 14.6 Å². The van der Waals surface area contributed by atoms with Gasteiger partial charge >= 0.3 is 11.9 Å². The van der Waals surface area contributed by atoms with Crippen LogP contribution < -0.4 is 9.47 Å². The Labute approximate surface area is 206 Å². The number of aryl methyl sites for hydroxylation is 1. The van der Waals surface area contributed by atoms with Crippen LogP contribution in [-0.2, 0) is 9.53 Å². The molecule has 0 N–H and O–H groups in total. The Balaban J connectivity index is 1.59. The Morgan fingerprint density at radius 3 is 2.50 bits per heavy atom. The second kappa shape index (κ2) is 10.1. The molecular formula is C26H19Cl2NO5. The van der Waals surface area contributed by atoms with Crippen molar-refractivity contribution in [2.75, 3.05) is 6.61 Å². The third-order valence-corrected chi connectivity index (χ3v) is 5.39. The van der Waals surface area contributed by atoms with Gasteiger partial charge in [-0.1, -0.05) is 47.0 Å². The first-order valence-corrected chi connectivity index (χ1v) is 11.1. The quantitative estimate of drug-likeness (QED) is 0.229. The third-order valence-electron chi connectivity index (χ3n) is 4.84. The van der Waals surface area contributed by atoms with Crippen molar-refractivity contribution in [2.24, 2.45) is 4.99 Å². The SMILES string of the molecule is CCOc1cc(/C=C2/N=C(c3ccc(C)cc3)OC2=O)ccc1OC(=O)c1ccc(Cl)cc1Cl. The van der Waals surface area contributed by atoms with E-state index in [1.807, 2.05) is 31.2 Å². The van der Waals surface area contributed by atoms with Crippen LogP contribution in [0.3, 0.4) is 0 Å². The van der Waals surface area contributed by atoms with Crippen molar-refractivity contribution in [1.82, 2.24) is 0 Å². The van der Waals surface area contributed by atoms with Crippen LogP contribution in [-0.4, -0.2) is 24.4 Å². The van der Waals surface area contributed by atoms with E-state index in [0.717, 1.165) is 5.56 Å². The van der Waals surface area contributed by atoms with Crippen LogP contribution in [0, 0.1) is 6.92 Å². The summed E-state index contributed by atoms with van der Waals surface area (Å²) in [4.78, 5) is 29.3. The first kappa shape index (κ1) is 23.5. The molecule has 0 spiro atoms. The molecule has 0 amide bonds. The van der Waals surface area contributed by atoms with Gasteiger partial charge in [-0.05, 0) is 68.0 Å². The number of nitrogens with zero attached hydrogens (tertiary/aromatic N) is 1. The molecule has 1 aliphatic rings. The van der Waals surface area contributed by atoms with Crippen LogP contribution in [0.15, 0.2) is 71.4 Å². The Kier molecular flexibility index (Phi) is 7.01. The van der Waals surface area contributed by atoms with Gasteiger partial charge in [0, 0.05) is 10.6 Å². The van der Waals surface area contributed by atoms with E-state index < -0.39 is 11.9 Å². The highest BCUT2D eigenvalue weighted by atomic mass is 35.5. The van der Waals surface area contributed by atoms with Crippen LogP contribution in [0.1, 0.15) is 34.0 Å². The summed E-state index contributed by atoms with van der Waals surface area (Å²) < 4.78 is 16.5.